The molecule has 0 unspecified atom stereocenters. The zero-order valence-electron chi connectivity index (χ0n) is 11.5. The predicted octanol–water partition coefficient (Wildman–Crippen LogP) is 1.85. The molecule has 0 aromatic heterocycles. The molecular weight excluding hydrogens is 258 g/mol. The highest BCUT2D eigenvalue weighted by atomic mass is 16.5. The minimum Gasteiger partial charge on any atom is -0.480 e. The van der Waals surface area contributed by atoms with E-state index in [1.54, 1.807) is 6.07 Å². The van der Waals surface area contributed by atoms with E-state index in [4.69, 9.17) is 4.74 Å². The predicted molar refractivity (Wildman–Crippen MR) is 74.8 cm³/mol. The van der Waals surface area contributed by atoms with Crippen LogP contribution in [0.1, 0.15) is 25.3 Å². The second kappa shape index (κ2) is 6.52. The molecule has 1 aromatic rings. The Balaban J connectivity index is 2.10. The summed E-state index contributed by atoms with van der Waals surface area (Å²) < 4.78 is 5.20. The van der Waals surface area contributed by atoms with Gasteiger partial charge >= 0.3 is 5.97 Å². The van der Waals surface area contributed by atoms with Crippen molar-refractivity contribution in [2.45, 2.75) is 32.2 Å². The lowest BCUT2D eigenvalue weighted by atomic mass is 10.1. The molecule has 1 heterocycles. The third-order valence-corrected chi connectivity index (χ3v) is 3.41. The van der Waals surface area contributed by atoms with Crippen LogP contribution in [-0.2, 0) is 20.7 Å². The van der Waals surface area contributed by atoms with Crippen molar-refractivity contribution in [3.63, 3.8) is 0 Å². The maximum Gasteiger partial charge on any atom is 0.327 e. The average molecular weight is 277 g/mol. The van der Waals surface area contributed by atoms with Crippen LogP contribution in [0.25, 0.3) is 0 Å². The van der Waals surface area contributed by atoms with Crippen molar-refractivity contribution in [1.29, 1.82) is 0 Å². The number of carbonyl (C=O) groups excluding carboxylic acids is 1. The summed E-state index contributed by atoms with van der Waals surface area (Å²) in [6, 6.07) is 6.58. The first-order valence-electron chi connectivity index (χ1n) is 6.85. The number of rotatable bonds is 6. The topological polar surface area (TPSA) is 66.8 Å². The molecule has 0 spiro atoms. The molecule has 1 amide bonds. The Labute approximate surface area is 118 Å². The van der Waals surface area contributed by atoms with Crippen LogP contribution in [0.4, 0.5) is 5.69 Å². The van der Waals surface area contributed by atoms with Gasteiger partial charge in [0.05, 0.1) is 0 Å². The molecule has 1 N–H and O–H groups in total. The summed E-state index contributed by atoms with van der Waals surface area (Å²) in [4.78, 5) is 25.1. The highest BCUT2D eigenvalue weighted by Crippen LogP contribution is 2.32. The van der Waals surface area contributed by atoms with Crippen molar-refractivity contribution in [3.8, 4) is 0 Å². The Morgan fingerprint density at radius 1 is 1.40 bits per heavy atom. The number of amides is 1. The molecule has 2 rings (SSSR count). The molecule has 108 valence electrons. The Hall–Kier alpha value is -1.88. The number of carboxylic acid groups (broad SMARTS) is 1. The van der Waals surface area contributed by atoms with Crippen LogP contribution in [0.3, 0.4) is 0 Å². The van der Waals surface area contributed by atoms with Crippen LogP contribution in [0.2, 0.25) is 0 Å². The second-order valence-electron chi connectivity index (χ2n) is 4.75. The molecule has 0 saturated carbocycles. The number of fused-ring (bicyclic) bond motifs is 1. The maximum absolute atomic E-state index is 12.3. The molecule has 5 heteroatoms. The monoisotopic (exact) mass is 277 g/mol. The molecule has 1 atom stereocenters. The van der Waals surface area contributed by atoms with Crippen LogP contribution in [0.15, 0.2) is 24.3 Å². The first kappa shape index (κ1) is 14.5. The number of carboxylic acids is 1. The fraction of sp³-hybridized carbons (Fsp3) is 0.467. The summed E-state index contributed by atoms with van der Waals surface area (Å²) >= 11 is 0. The van der Waals surface area contributed by atoms with Crippen molar-refractivity contribution in [2.24, 2.45) is 0 Å². The third-order valence-electron chi connectivity index (χ3n) is 3.41. The normalized spacial score (nSPS) is 17.1. The van der Waals surface area contributed by atoms with Gasteiger partial charge in [-0.3, -0.25) is 9.69 Å². The standard InChI is InChI=1S/C15H19NO4/c1-2-20-9-5-8-14(17)16-12-7-4-3-6-11(12)10-13(16)15(18)19/h3-4,6-7,13H,2,5,8-10H2,1H3,(H,18,19)/t13-/m0/s1. The number of hydrogen-bond acceptors (Lipinski definition) is 3. The fourth-order valence-electron chi connectivity index (χ4n) is 2.48. The van der Waals surface area contributed by atoms with Crippen molar-refractivity contribution < 1.29 is 19.4 Å². The molecular formula is C15H19NO4. The van der Waals surface area contributed by atoms with E-state index >= 15 is 0 Å². The van der Waals surface area contributed by atoms with Gasteiger partial charge in [0.15, 0.2) is 0 Å². The van der Waals surface area contributed by atoms with E-state index in [0.29, 0.717) is 32.5 Å². The van der Waals surface area contributed by atoms with Gasteiger partial charge in [0, 0.05) is 31.7 Å². The van der Waals surface area contributed by atoms with Crippen LogP contribution in [-0.4, -0.2) is 36.2 Å². The fourth-order valence-corrected chi connectivity index (χ4v) is 2.48. The van der Waals surface area contributed by atoms with Gasteiger partial charge in [-0.1, -0.05) is 18.2 Å². The molecule has 5 nitrogen and oxygen atoms in total. The van der Waals surface area contributed by atoms with E-state index in [9.17, 15) is 14.7 Å². The molecule has 0 saturated heterocycles. The lowest BCUT2D eigenvalue weighted by Crippen LogP contribution is -2.42. The van der Waals surface area contributed by atoms with Crippen molar-refractivity contribution in [1.82, 2.24) is 0 Å². The van der Waals surface area contributed by atoms with E-state index in [0.717, 1.165) is 11.3 Å². The van der Waals surface area contributed by atoms with Gasteiger partial charge in [0.1, 0.15) is 6.04 Å². The van der Waals surface area contributed by atoms with E-state index in [-0.39, 0.29) is 5.91 Å². The van der Waals surface area contributed by atoms with Crippen LogP contribution in [0, 0.1) is 0 Å². The minimum atomic E-state index is -0.959. The molecule has 20 heavy (non-hydrogen) atoms. The highest BCUT2D eigenvalue weighted by molar-refractivity contribution is 6.01. The van der Waals surface area contributed by atoms with Crippen molar-refractivity contribution in [2.75, 3.05) is 18.1 Å². The summed E-state index contributed by atoms with van der Waals surface area (Å²) in [5.41, 5.74) is 1.64. The summed E-state index contributed by atoms with van der Waals surface area (Å²) in [6.45, 7) is 3.05. The van der Waals surface area contributed by atoms with Crippen LogP contribution < -0.4 is 4.90 Å². The number of ether oxygens (including phenoxy) is 1. The van der Waals surface area contributed by atoms with Crippen molar-refractivity contribution in [3.05, 3.63) is 29.8 Å². The number of hydrogen-bond donors (Lipinski definition) is 1. The van der Waals surface area contributed by atoms with Gasteiger partial charge < -0.3 is 9.84 Å². The Bertz CT molecular complexity index is 500. The largest absolute Gasteiger partial charge is 0.480 e. The number of para-hydroxylation sites is 1. The molecule has 1 aromatic carbocycles. The maximum atomic E-state index is 12.3. The first-order valence-corrected chi connectivity index (χ1v) is 6.85. The smallest absolute Gasteiger partial charge is 0.327 e. The second-order valence-corrected chi connectivity index (χ2v) is 4.75. The quantitative estimate of drug-likeness (QED) is 0.806. The van der Waals surface area contributed by atoms with Gasteiger partial charge in [-0.05, 0) is 25.0 Å². The van der Waals surface area contributed by atoms with Gasteiger partial charge in [0.2, 0.25) is 5.91 Å². The van der Waals surface area contributed by atoms with Crippen molar-refractivity contribution >= 4 is 17.6 Å². The highest BCUT2D eigenvalue weighted by Gasteiger charge is 2.37. The summed E-state index contributed by atoms with van der Waals surface area (Å²) in [6.07, 6.45) is 1.29. The number of nitrogens with zero attached hydrogens (tertiary/aromatic N) is 1. The van der Waals surface area contributed by atoms with E-state index in [1.165, 1.54) is 4.90 Å². The molecule has 1 aliphatic heterocycles. The summed E-state index contributed by atoms with van der Waals surface area (Å²) in [5, 5.41) is 9.30. The zero-order chi connectivity index (χ0) is 14.5. The Morgan fingerprint density at radius 3 is 2.85 bits per heavy atom. The van der Waals surface area contributed by atoms with Crippen LogP contribution >= 0.6 is 0 Å². The molecule has 1 aliphatic rings. The lowest BCUT2D eigenvalue weighted by molar-refractivity contribution is -0.139. The lowest BCUT2D eigenvalue weighted by Gasteiger charge is -2.22. The molecule has 0 bridgehead atoms. The minimum absolute atomic E-state index is 0.151. The Morgan fingerprint density at radius 2 is 2.15 bits per heavy atom. The number of anilines is 1. The number of aliphatic carboxylic acids is 1. The van der Waals surface area contributed by atoms with Gasteiger partial charge in [-0.15, -0.1) is 0 Å². The molecule has 0 fully saturated rings. The van der Waals surface area contributed by atoms with E-state index < -0.39 is 12.0 Å². The summed E-state index contributed by atoms with van der Waals surface area (Å²) in [7, 11) is 0. The molecule has 0 radical (unpaired) electrons. The van der Waals surface area contributed by atoms with Crippen LogP contribution in [0.5, 0.6) is 0 Å². The third kappa shape index (κ3) is 2.99. The van der Waals surface area contributed by atoms with Gasteiger partial charge in [-0.25, -0.2) is 4.79 Å². The van der Waals surface area contributed by atoms with E-state index in [2.05, 4.69) is 0 Å². The Kier molecular flexibility index (Phi) is 4.74. The average Bonchev–Trinajstić information content (AvgIpc) is 2.83. The first-order chi connectivity index (χ1) is 9.65. The zero-order valence-corrected chi connectivity index (χ0v) is 11.5. The molecule has 0 aliphatic carbocycles. The van der Waals surface area contributed by atoms with E-state index in [1.807, 2.05) is 25.1 Å². The SMILES string of the molecule is CCOCCCC(=O)N1c2ccccc2C[C@H]1C(=O)O. The van der Waals surface area contributed by atoms with Gasteiger partial charge in [0.25, 0.3) is 0 Å². The van der Waals surface area contributed by atoms with Gasteiger partial charge in [-0.2, -0.15) is 0 Å². The summed E-state index contributed by atoms with van der Waals surface area (Å²) in [5.74, 6) is -1.11. The number of carbonyl (C=O) groups is 2. The number of benzene rings is 1.